The van der Waals surface area contributed by atoms with Crippen LogP contribution < -0.4 is 11.1 Å². The van der Waals surface area contributed by atoms with E-state index in [-0.39, 0.29) is 11.4 Å². The molecule has 1 aromatic heterocycles. The Morgan fingerprint density at radius 3 is 2.16 bits per heavy atom. The van der Waals surface area contributed by atoms with E-state index in [4.69, 9.17) is 10.5 Å². The van der Waals surface area contributed by atoms with Crippen LogP contribution in [0.2, 0.25) is 0 Å². The smallest absolute Gasteiger partial charge is 0.408 e. The molecule has 1 atom stereocenters. The van der Waals surface area contributed by atoms with Crippen LogP contribution in [0.25, 0.3) is 11.3 Å². The molecule has 0 aliphatic carbocycles. The summed E-state index contributed by atoms with van der Waals surface area (Å²) < 4.78 is 59.3. The largest absolute Gasteiger partial charge is 0.444 e. The summed E-state index contributed by atoms with van der Waals surface area (Å²) in [6, 6.07) is 8.05. The number of alkyl halides is 3. The van der Waals surface area contributed by atoms with Crippen LogP contribution in [0.3, 0.4) is 0 Å². The van der Waals surface area contributed by atoms with Gasteiger partial charge < -0.3 is 15.8 Å². The van der Waals surface area contributed by atoms with Crippen molar-refractivity contribution < 1.29 is 27.1 Å². The first-order valence-electron chi connectivity index (χ1n) is 9.69. The molecule has 0 spiro atoms. The minimum atomic E-state index is -4.61. The van der Waals surface area contributed by atoms with Crippen LogP contribution in [0.1, 0.15) is 51.8 Å². The number of nitrogens with two attached hydrogens (primary N) is 1. The van der Waals surface area contributed by atoms with Crippen molar-refractivity contribution >= 4 is 6.09 Å². The predicted molar refractivity (Wildman–Crippen MR) is 110 cm³/mol. The summed E-state index contributed by atoms with van der Waals surface area (Å²) in [5.74, 6) is -2.48. The van der Waals surface area contributed by atoms with Crippen molar-refractivity contribution in [2.24, 2.45) is 5.73 Å². The third kappa shape index (κ3) is 6.65. The number of amides is 1. The van der Waals surface area contributed by atoms with E-state index in [0.717, 1.165) is 0 Å². The third-order valence-electron chi connectivity index (χ3n) is 4.51. The zero-order valence-corrected chi connectivity index (χ0v) is 18.1. The molecule has 5 nitrogen and oxygen atoms in total. The first-order valence-corrected chi connectivity index (χ1v) is 9.69. The number of benzene rings is 1. The number of hydrogen-bond donors (Lipinski definition) is 2. The lowest BCUT2D eigenvalue weighted by Gasteiger charge is -2.30. The van der Waals surface area contributed by atoms with E-state index in [1.165, 1.54) is 30.3 Å². The van der Waals surface area contributed by atoms with Crippen LogP contribution in [-0.4, -0.2) is 29.4 Å². The lowest BCUT2D eigenvalue weighted by Crippen LogP contribution is -2.44. The third-order valence-corrected chi connectivity index (χ3v) is 4.51. The fourth-order valence-corrected chi connectivity index (χ4v) is 2.91. The van der Waals surface area contributed by atoms with E-state index in [2.05, 4.69) is 10.3 Å². The summed E-state index contributed by atoms with van der Waals surface area (Å²) in [5.41, 5.74) is 4.27. The number of aromatic nitrogens is 1. The van der Waals surface area contributed by atoms with Gasteiger partial charge in [0.15, 0.2) is 0 Å². The van der Waals surface area contributed by atoms with Crippen LogP contribution >= 0.6 is 0 Å². The van der Waals surface area contributed by atoms with E-state index in [1.807, 2.05) is 0 Å². The Bertz CT molecular complexity index is 920. The van der Waals surface area contributed by atoms with Crippen molar-refractivity contribution in [2.75, 3.05) is 6.54 Å². The number of hydrogen-bond acceptors (Lipinski definition) is 4. The van der Waals surface area contributed by atoms with Crippen LogP contribution in [0.4, 0.5) is 22.4 Å². The van der Waals surface area contributed by atoms with Gasteiger partial charge >= 0.3 is 12.3 Å². The standard InChI is InChI=1S/C22H27F4N3O2/c1-20(2,3)31-19(30)29-21(4,5)14-10-17(13-6-8-15(23)9-7-13)28-18(11-14)16(12-27)22(24,25)26/h6-11,16H,12,27H2,1-5H3,(H,29,30). The molecule has 0 aliphatic rings. The molecular formula is C22H27F4N3O2. The van der Waals surface area contributed by atoms with E-state index >= 15 is 0 Å². The molecule has 1 aromatic carbocycles. The Morgan fingerprint density at radius 1 is 1.10 bits per heavy atom. The molecular weight excluding hydrogens is 414 g/mol. The Labute approximate surface area is 179 Å². The number of alkyl carbamates (subject to hydrolysis) is 1. The average molecular weight is 441 g/mol. The van der Waals surface area contributed by atoms with Gasteiger partial charge in [-0.25, -0.2) is 9.18 Å². The maximum Gasteiger partial charge on any atom is 0.408 e. The first kappa shape index (κ1) is 24.6. The molecule has 1 amide bonds. The molecule has 0 radical (unpaired) electrons. The number of halogens is 4. The average Bonchev–Trinajstić information content (AvgIpc) is 2.59. The molecule has 0 saturated heterocycles. The highest BCUT2D eigenvalue weighted by molar-refractivity contribution is 5.69. The number of ether oxygens (including phenoxy) is 1. The molecule has 0 fully saturated rings. The van der Waals surface area contributed by atoms with Gasteiger partial charge in [-0.15, -0.1) is 0 Å². The Kier molecular flexibility index (Phi) is 7.00. The fraction of sp³-hybridized carbons (Fsp3) is 0.455. The van der Waals surface area contributed by atoms with Gasteiger partial charge in [-0.2, -0.15) is 13.2 Å². The van der Waals surface area contributed by atoms with Crippen LogP contribution in [0.15, 0.2) is 36.4 Å². The second-order valence-corrected chi connectivity index (χ2v) is 8.75. The summed E-state index contributed by atoms with van der Waals surface area (Å²) in [7, 11) is 0. The van der Waals surface area contributed by atoms with Gasteiger partial charge in [0.1, 0.15) is 17.3 Å². The van der Waals surface area contributed by atoms with E-state index in [9.17, 15) is 22.4 Å². The molecule has 0 bridgehead atoms. The fourth-order valence-electron chi connectivity index (χ4n) is 2.91. The summed E-state index contributed by atoms with van der Waals surface area (Å²) >= 11 is 0. The highest BCUT2D eigenvalue weighted by Crippen LogP contribution is 2.36. The highest BCUT2D eigenvalue weighted by atomic mass is 19.4. The Balaban J connectivity index is 2.57. The minimum Gasteiger partial charge on any atom is -0.444 e. The quantitative estimate of drug-likeness (QED) is 0.621. The number of rotatable bonds is 5. The van der Waals surface area contributed by atoms with Crippen molar-refractivity contribution in [3.8, 4) is 11.3 Å². The maximum absolute atomic E-state index is 13.6. The van der Waals surface area contributed by atoms with Gasteiger partial charge in [-0.1, -0.05) is 0 Å². The van der Waals surface area contributed by atoms with Gasteiger partial charge in [0, 0.05) is 12.1 Å². The van der Waals surface area contributed by atoms with Gasteiger partial charge in [0.05, 0.1) is 16.9 Å². The lowest BCUT2D eigenvalue weighted by atomic mass is 9.90. The molecule has 1 unspecified atom stereocenters. The predicted octanol–water partition coefficient (Wildman–Crippen LogP) is 5.25. The Morgan fingerprint density at radius 2 is 1.68 bits per heavy atom. The Hall–Kier alpha value is -2.68. The zero-order chi connectivity index (χ0) is 23.6. The second kappa shape index (κ2) is 8.82. The van der Waals surface area contributed by atoms with E-state index in [1.54, 1.807) is 40.7 Å². The van der Waals surface area contributed by atoms with Crippen LogP contribution in [-0.2, 0) is 10.3 Å². The van der Waals surface area contributed by atoms with Gasteiger partial charge in [0.25, 0.3) is 0 Å². The topological polar surface area (TPSA) is 77.2 Å². The number of nitrogens with zero attached hydrogens (tertiary/aromatic N) is 1. The molecule has 0 aliphatic heterocycles. The molecule has 31 heavy (non-hydrogen) atoms. The minimum absolute atomic E-state index is 0.203. The molecule has 170 valence electrons. The number of carbonyl (C=O) groups excluding carboxylic acids is 1. The van der Waals surface area contributed by atoms with E-state index in [0.29, 0.717) is 11.1 Å². The maximum atomic E-state index is 13.6. The molecule has 1 heterocycles. The monoisotopic (exact) mass is 441 g/mol. The SMILES string of the molecule is CC(C)(C)OC(=O)NC(C)(C)c1cc(-c2ccc(F)cc2)nc(C(CN)C(F)(F)F)c1. The molecule has 0 saturated carbocycles. The lowest BCUT2D eigenvalue weighted by molar-refractivity contribution is -0.148. The highest BCUT2D eigenvalue weighted by Gasteiger charge is 2.41. The number of nitrogens with one attached hydrogen (secondary N) is 1. The van der Waals surface area contributed by atoms with Crippen molar-refractivity contribution in [3.05, 3.63) is 53.5 Å². The van der Waals surface area contributed by atoms with Gasteiger partial charge in [0.2, 0.25) is 0 Å². The van der Waals surface area contributed by atoms with Crippen molar-refractivity contribution in [1.29, 1.82) is 0 Å². The molecule has 9 heteroatoms. The van der Waals surface area contributed by atoms with Crippen molar-refractivity contribution in [1.82, 2.24) is 10.3 Å². The molecule has 2 aromatic rings. The summed E-state index contributed by atoms with van der Waals surface area (Å²) in [5, 5.41) is 2.68. The summed E-state index contributed by atoms with van der Waals surface area (Å²) in [6.07, 6.45) is -5.33. The van der Waals surface area contributed by atoms with E-state index < -0.39 is 41.7 Å². The normalized spacial score (nSPS) is 13.6. The van der Waals surface area contributed by atoms with Gasteiger partial charge in [-0.3, -0.25) is 4.98 Å². The number of pyridine rings is 1. The second-order valence-electron chi connectivity index (χ2n) is 8.75. The summed E-state index contributed by atoms with van der Waals surface area (Å²) in [6.45, 7) is 7.68. The van der Waals surface area contributed by atoms with Gasteiger partial charge in [-0.05, 0) is 76.6 Å². The summed E-state index contributed by atoms with van der Waals surface area (Å²) in [4.78, 5) is 16.4. The molecule has 3 N–H and O–H groups in total. The number of carbonyl (C=O) groups is 1. The zero-order valence-electron chi connectivity index (χ0n) is 18.1. The van der Waals surface area contributed by atoms with Crippen LogP contribution in [0, 0.1) is 5.82 Å². The first-order chi connectivity index (χ1) is 14.1. The van der Waals surface area contributed by atoms with Crippen molar-refractivity contribution in [2.45, 2.75) is 57.9 Å². The van der Waals surface area contributed by atoms with Crippen LogP contribution in [0.5, 0.6) is 0 Å². The molecule has 2 rings (SSSR count). The van der Waals surface area contributed by atoms with Crippen molar-refractivity contribution in [3.63, 3.8) is 0 Å².